The first-order chi connectivity index (χ1) is 5.69. The Bertz CT molecular complexity index is 344. The average molecular weight is 202 g/mol. The van der Waals surface area contributed by atoms with E-state index in [1.165, 1.54) is 13.2 Å². The van der Waals surface area contributed by atoms with Gasteiger partial charge in [0.25, 0.3) is 0 Å². The van der Waals surface area contributed by atoms with Crippen molar-refractivity contribution < 1.29 is 4.74 Å². The molecule has 0 N–H and O–H groups in total. The van der Waals surface area contributed by atoms with Gasteiger partial charge < -0.3 is 4.74 Å². The molecule has 0 aromatic heterocycles. The van der Waals surface area contributed by atoms with Crippen molar-refractivity contribution in [1.82, 2.24) is 0 Å². The second-order valence-electron chi connectivity index (χ2n) is 2.08. The largest absolute Gasteiger partial charge is 0.497 e. The van der Waals surface area contributed by atoms with Crippen molar-refractivity contribution >= 4 is 23.2 Å². The van der Waals surface area contributed by atoms with Crippen LogP contribution in [0, 0.1) is 11.3 Å². The molecule has 0 bridgehead atoms. The normalized spacial score (nSPS) is 9.17. The van der Waals surface area contributed by atoms with Crippen LogP contribution in [0.25, 0.3) is 0 Å². The molecule has 0 unspecified atom stereocenters. The molecule has 0 aliphatic carbocycles. The summed E-state index contributed by atoms with van der Waals surface area (Å²) in [5.74, 6) is 0.529. The Balaban J connectivity index is 3.31. The Kier molecular flexibility index (Phi) is 2.80. The highest BCUT2D eigenvalue weighted by Crippen LogP contribution is 2.30. The number of rotatable bonds is 1. The maximum atomic E-state index is 8.61. The highest BCUT2D eigenvalue weighted by molar-refractivity contribution is 6.42. The molecule has 0 amide bonds. The van der Waals surface area contributed by atoms with E-state index in [4.69, 9.17) is 33.2 Å². The molecule has 2 nitrogen and oxygen atoms in total. The lowest BCUT2D eigenvalue weighted by Gasteiger charge is -2.02. The monoisotopic (exact) mass is 201 g/mol. The summed E-state index contributed by atoms with van der Waals surface area (Å²) in [7, 11) is 1.50. The summed E-state index contributed by atoms with van der Waals surface area (Å²) in [6, 6.07) is 5.01. The van der Waals surface area contributed by atoms with E-state index < -0.39 is 0 Å². The predicted octanol–water partition coefficient (Wildman–Crippen LogP) is 2.87. The van der Waals surface area contributed by atoms with Gasteiger partial charge in [0.05, 0.1) is 22.7 Å². The van der Waals surface area contributed by atoms with E-state index in [0.29, 0.717) is 16.3 Å². The summed E-state index contributed by atoms with van der Waals surface area (Å²) in [4.78, 5) is 0. The topological polar surface area (TPSA) is 33.0 Å². The number of hydrogen-bond donors (Lipinski definition) is 0. The lowest BCUT2D eigenvalue weighted by molar-refractivity contribution is 0.414. The van der Waals surface area contributed by atoms with Crippen LogP contribution in [0.5, 0.6) is 5.75 Å². The molecular formula is C8H5Cl2NO. The minimum atomic E-state index is 0.264. The smallest absolute Gasteiger partial charge is 0.121 e. The lowest BCUT2D eigenvalue weighted by Crippen LogP contribution is -1.85. The predicted molar refractivity (Wildman–Crippen MR) is 47.7 cm³/mol. The first kappa shape index (κ1) is 9.18. The highest BCUT2D eigenvalue weighted by Gasteiger charge is 2.06. The number of benzene rings is 1. The third kappa shape index (κ3) is 1.63. The molecule has 0 fully saturated rings. The highest BCUT2D eigenvalue weighted by atomic mass is 35.5. The van der Waals surface area contributed by atoms with Gasteiger partial charge in [-0.3, -0.25) is 0 Å². The zero-order valence-corrected chi connectivity index (χ0v) is 7.78. The summed E-state index contributed by atoms with van der Waals surface area (Å²) in [5, 5.41) is 9.20. The number of hydrogen-bond acceptors (Lipinski definition) is 2. The van der Waals surface area contributed by atoms with Crippen LogP contribution in [0.1, 0.15) is 5.56 Å². The first-order valence-electron chi connectivity index (χ1n) is 3.12. The molecular weight excluding hydrogens is 197 g/mol. The molecule has 0 spiro atoms. The van der Waals surface area contributed by atoms with Gasteiger partial charge in [0.2, 0.25) is 0 Å². The number of nitriles is 1. The molecule has 0 saturated heterocycles. The SMILES string of the molecule is COc1cc(Cl)c(Cl)c(C#N)c1. The van der Waals surface area contributed by atoms with Crippen LogP contribution < -0.4 is 4.74 Å². The molecule has 0 atom stereocenters. The Hall–Kier alpha value is -0.910. The lowest BCUT2D eigenvalue weighted by atomic mass is 10.2. The molecule has 0 radical (unpaired) electrons. The zero-order chi connectivity index (χ0) is 9.14. The van der Waals surface area contributed by atoms with Gasteiger partial charge in [0.1, 0.15) is 11.8 Å². The maximum Gasteiger partial charge on any atom is 0.121 e. The Morgan fingerprint density at radius 3 is 2.58 bits per heavy atom. The van der Waals surface area contributed by atoms with Crippen LogP contribution in [-0.4, -0.2) is 7.11 Å². The van der Waals surface area contributed by atoms with Crippen molar-refractivity contribution in [1.29, 1.82) is 5.26 Å². The summed E-state index contributed by atoms with van der Waals surface area (Å²) in [6.07, 6.45) is 0. The molecule has 0 aliphatic heterocycles. The van der Waals surface area contributed by atoms with Crippen molar-refractivity contribution in [2.24, 2.45) is 0 Å². The van der Waals surface area contributed by atoms with Crippen LogP contribution >= 0.6 is 23.2 Å². The van der Waals surface area contributed by atoms with Crippen LogP contribution in [0.3, 0.4) is 0 Å². The van der Waals surface area contributed by atoms with E-state index in [9.17, 15) is 0 Å². The molecule has 0 saturated carbocycles. The summed E-state index contributed by atoms with van der Waals surface area (Å²) in [5.41, 5.74) is 0.320. The van der Waals surface area contributed by atoms with E-state index in [2.05, 4.69) is 0 Å². The molecule has 1 rings (SSSR count). The molecule has 62 valence electrons. The standard InChI is InChI=1S/C8H5Cl2NO/c1-12-6-2-5(4-11)8(10)7(9)3-6/h2-3H,1H3. The molecule has 0 heterocycles. The van der Waals surface area contributed by atoms with Crippen molar-refractivity contribution in [3.05, 3.63) is 27.7 Å². The minimum absolute atomic E-state index is 0.264. The molecule has 4 heteroatoms. The minimum Gasteiger partial charge on any atom is -0.497 e. The molecule has 0 aliphatic rings. The Morgan fingerprint density at radius 1 is 1.42 bits per heavy atom. The summed E-state index contributed by atoms with van der Waals surface area (Å²) < 4.78 is 4.90. The second-order valence-corrected chi connectivity index (χ2v) is 2.87. The van der Waals surface area contributed by atoms with Gasteiger partial charge in [0, 0.05) is 6.07 Å². The zero-order valence-electron chi connectivity index (χ0n) is 6.27. The van der Waals surface area contributed by atoms with Crippen molar-refractivity contribution in [2.45, 2.75) is 0 Å². The van der Waals surface area contributed by atoms with E-state index in [-0.39, 0.29) is 5.02 Å². The fraction of sp³-hybridized carbons (Fsp3) is 0.125. The number of nitrogens with zero attached hydrogens (tertiary/aromatic N) is 1. The third-order valence-electron chi connectivity index (χ3n) is 1.36. The Morgan fingerprint density at radius 2 is 2.08 bits per heavy atom. The van der Waals surface area contributed by atoms with Gasteiger partial charge in [-0.25, -0.2) is 0 Å². The number of ether oxygens (including phenoxy) is 1. The average Bonchev–Trinajstić information content (AvgIpc) is 2.09. The van der Waals surface area contributed by atoms with Crippen LogP contribution in [0.15, 0.2) is 12.1 Å². The van der Waals surface area contributed by atoms with E-state index >= 15 is 0 Å². The summed E-state index contributed by atoms with van der Waals surface area (Å²) >= 11 is 11.4. The van der Waals surface area contributed by atoms with Crippen LogP contribution in [0.2, 0.25) is 10.0 Å². The van der Waals surface area contributed by atoms with Gasteiger partial charge in [-0.15, -0.1) is 0 Å². The molecule has 1 aromatic rings. The maximum absolute atomic E-state index is 8.61. The van der Waals surface area contributed by atoms with Crippen molar-refractivity contribution in [2.75, 3.05) is 7.11 Å². The fourth-order valence-electron chi connectivity index (χ4n) is 0.763. The van der Waals surface area contributed by atoms with Crippen LogP contribution in [-0.2, 0) is 0 Å². The van der Waals surface area contributed by atoms with E-state index in [0.717, 1.165) is 0 Å². The van der Waals surface area contributed by atoms with E-state index in [1.807, 2.05) is 6.07 Å². The van der Waals surface area contributed by atoms with Crippen molar-refractivity contribution in [3.8, 4) is 11.8 Å². The van der Waals surface area contributed by atoms with Gasteiger partial charge in [0.15, 0.2) is 0 Å². The first-order valence-corrected chi connectivity index (χ1v) is 3.87. The Labute approximate surface area is 80.3 Å². The second kappa shape index (κ2) is 3.66. The van der Waals surface area contributed by atoms with Gasteiger partial charge in [-0.1, -0.05) is 23.2 Å². The third-order valence-corrected chi connectivity index (χ3v) is 2.16. The van der Waals surface area contributed by atoms with Gasteiger partial charge >= 0.3 is 0 Å². The quantitative estimate of drug-likeness (QED) is 0.701. The fourth-order valence-corrected chi connectivity index (χ4v) is 1.12. The summed E-state index contributed by atoms with van der Waals surface area (Å²) in [6.45, 7) is 0. The van der Waals surface area contributed by atoms with Crippen LogP contribution in [0.4, 0.5) is 0 Å². The van der Waals surface area contributed by atoms with E-state index in [1.54, 1.807) is 6.07 Å². The van der Waals surface area contributed by atoms with Gasteiger partial charge in [-0.2, -0.15) is 5.26 Å². The molecule has 1 aromatic carbocycles. The number of methoxy groups -OCH3 is 1. The number of halogens is 2. The molecule has 12 heavy (non-hydrogen) atoms. The van der Waals surface area contributed by atoms with Gasteiger partial charge in [-0.05, 0) is 6.07 Å². The van der Waals surface area contributed by atoms with Crippen molar-refractivity contribution in [3.63, 3.8) is 0 Å².